The first-order chi connectivity index (χ1) is 3.39. The van der Waals surface area contributed by atoms with Crippen LogP contribution >= 0.6 is 0 Å². The molecule has 0 aliphatic carbocycles. The van der Waals surface area contributed by atoms with Crippen molar-refractivity contribution in [2.75, 3.05) is 0 Å². The van der Waals surface area contributed by atoms with Crippen molar-refractivity contribution in [1.29, 1.82) is 0 Å². The van der Waals surface area contributed by atoms with Crippen LogP contribution in [0.3, 0.4) is 0 Å². The summed E-state index contributed by atoms with van der Waals surface area (Å²) >= 11 is 0. The van der Waals surface area contributed by atoms with Gasteiger partial charge in [-0.05, 0) is 0 Å². The lowest BCUT2D eigenvalue weighted by Crippen LogP contribution is -2.15. The van der Waals surface area contributed by atoms with Crippen molar-refractivity contribution in [3.63, 3.8) is 0 Å². The van der Waals surface area contributed by atoms with Gasteiger partial charge in [0.05, 0.1) is 0 Å². The lowest BCUT2D eigenvalue weighted by atomic mass is 10.4. The molecule has 1 aliphatic heterocycles. The summed E-state index contributed by atoms with van der Waals surface area (Å²) in [7, 11) is 0. The molecular weight excluding hydrogens is 90.1 g/mol. The largest absolute Gasteiger partial charge is 0.364 e. The molecule has 2 nitrogen and oxygen atoms in total. The van der Waals surface area contributed by atoms with E-state index in [1.54, 1.807) is 12.3 Å². The lowest BCUT2D eigenvalue weighted by molar-refractivity contribution is -0.115. The Kier molecular flexibility index (Phi) is 0.886. The Morgan fingerprint density at radius 2 is 2.57 bits per heavy atom. The van der Waals surface area contributed by atoms with Gasteiger partial charge in [0.15, 0.2) is 6.08 Å². The Labute approximate surface area is 41.5 Å². The molecule has 2 heteroatoms. The first-order valence-corrected chi connectivity index (χ1v) is 1.94. The SMILES string of the molecule is O=C1C=[C+]C=CN1. The fourth-order valence-electron chi connectivity index (χ4n) is 0.337. The zero-order chi connectivity index (χ0) is 5.11. The summed E-state index contributed by atoms with van der Waals surface area (Å²) in [6.07, 6.45) is 7.15. The van der Waals surface area contributed by atoms with Gasteiger partial charge < -0.3 is 0 Å². The highest BCUT2D eigenvalue weighted by atomic mass is 16.1. The third kappa shape index (κ3) is 0.845. The van der Waals surface area contributed by atoms with Crippen molar-refractivity contribution in [2.45, 2.75) is 0 Å². The van der Waals surface area contributed by atoms with Gasteiger partial charge in [0.2, 0.25) is 0 Å². The van der Waals surface area contributed by atoms with Crippen molar-refractivity contribution in [2.24, 2.45) is 0 Å². The van der Waals surface area contributed by atoms with Crippen LogP contribution in [0.2, 0.25) is 0 Å². The van der Waals surface area contributed by atoms with Crippen molar-refractivity contribution < 1.29 is 4.79 Å². The van der Waals surface area contributed by atoms with E-state index in [1.807, 2.05) is 0 Å². The summed E-state index contributed by atoms with van der Waals surface area (Å²) in [6, 6.07) is 0. The molecule has 0 bridgehead atoms. The molecule has 0 saturated heterocycles. The Morgan fingerprint density at radius 1 is 1.71 bits per heavy atom. The van der Waals surface area contributed by atoms with Gasteiger partial charge in [0.1, 0.15) is 12.3 Å². The molecule has 0 unspecified atom stereocenters. The number of nitrogens with one attached hydrogen (secondary N) is 1. The van der Waals surface area contributed by atoms with Crippen molar-refractivity contribution in [3.05, 3.63) is 24.4 Å². The maximum Gasteiger partial charge on any atom is 0.364 e. The number of carbonyl (C=O) groups excluding carboxylic acids is 1. The number of dihydropyridines is 1. The summed E-state index contributed by atoms with van der Waals surface area (Å²) in [4.78, 5) is 10.2. The monoisotopic (exact) mass is 94.0 g/mol. The molecule has 1 aliphatic rings. The van der Waals surface area contributed by atoms with E-state index in [9.17, 15) is 4.79 Å². The fraction of sp³-hybridized carbons (Fsp3) is 0. The second-order valence-electron chi connectivity index (χ2n) is 1.15. The molecule has 7 heavy (non-hydrogen) atoms. The van der Waals surface area contributed by atoms with E-state index < -0.39 is 0 Å². The second kappa shape index (κ2) is 1.54. The Bertz CT molecular complexity index is 135. The number of allylic oxidation sites excluding steroid dienone is 2. The minimum atomic E-state index is -0.109. The molecule has 0 aromatic rings. The molecule has 1 N–H and O–H groups in total. The second-order valence-corrected chi connectivity index (χ2v) is 1.15. The number of hydrogen-bond donors (Lipinski definition) is 1. The van der Waals surface area contributed by atoms with Gasteiger partial charge in [-0.1, -0.05) is 0 Å². The summed E-state index contributed by atoms with van der Waals surface area (Å²) < 4.78 is 0. The van der Waals surface area contributed by atoms with E-state index in [4.69, 9.17) is 0 Å². The molecule has 0 radical (unpaired) electrons. The van der Waals surface area contributed by atoms with Gasteiger partial charge in [-0.3, -0.25) is 0 Å². The van der Waals surface area contributed by atoms with Crippen molar-refractivity contribution >= 4 is 5.91 Å². The van der Waals surface area contributed by atoms with E-state index in [0.29, 0.717) is 0 Å². The molecule has 0 fully saturated rings. The average Bonchev–Trinajstić information content (AvgIpc) is 1.69. The highest BCUT2D eigenvalue weighted by molar-refractivity contribution is 5.88. The normalized spacial score (nSPS) is 15.7. The molecule has 34 valence electrons. The van der Waals surface area contributed by atoms with Crippen LogP contribution in [0.15, 0.2) is 18.4 Å². The van der Waals surface area contributed by atoms with Crippen LogP contribution in [0.1, 0.15) is 0 Å². The minimum Gasteiger partial charge on any atom is -0.223 e. The van der Waals surface area contributed by atoms with Gasteiger partial charge in [0.25, 0.3) is 0 Å². The molecule has 1 amide bonds. The van der Waals surface area contributed by atoms with E-state index in [2.05, 4.69) is 11.4 Å². The van der Waals surface area contributed by atoms with Crippen LogP contribution in [0.5, 0.6) is 0 Å². The Hall–Kier alpha value is -1.14. The number of amides is 1. The Balaban J connectivity index is 2.66. The highest BCUT2D eigenvalue weighted by Crippen LogP contribution is 1.80. The molecule has 0 spiro atoms. The molecule has 0 aromatic heterocycles. The van der Waals surface area contributed by atoms with Crippen LogP contribution in [0, 0.1) is 6.08 Å². The van der Waals surface area contributed by atoms with Crippen LogP contribution in [0.25, 0.3) is 0 Å². The predicted octanol–water partition coefficient (Wildman–Crippen LogP) is -0.0107. The van der Waals surface area contributed by atoms with Gasteiger partial charge in [-0.2, -0.15) is 4.79 Å². The average molecular weight is 94.1 g/mol. The van der Waals surface area contributed by atoms with Crippen LogP contribution < -0.4 is 5.32 Å². The summed E-state index contributed by atoms with van der Waals surface area (Å²) in [5, 5.41) is 2.44. The lowest BCUT2D eigenvalue weighted by Gasteiger charge is -1.81. The zero-order valence-electron chi connectivity index (χ0n) is 3.64. The predicted molar refractivity (Wildman–Crippen MR) is 25.1 cm³/mol. The molecule has 1 heterocycles. The quantitative estimate of drug-likeness (QED) is 0.420. The van der Waals surface area contributed by atoms with Crippen LogP contribution in [0.4, 0.5) is 0 Å². The van der Waals surface area contributed by atoms with E-state index >= 15 is 0 Å². The number of carbonyl (C=O) groups is 1. The van der Waals surface area contributed by atoms with Gasteiger partial charge in [-0.15, -0.1) is 0 Å². The van der Waals surface area contributed by atoms with E-state index in [-0.39, 0.29) is 5.91 Å². The summed E-state index contributed by atoms with van der Waals surface area (Å²) in [6.45, 7) is 0. The molecular formula is C5H4NO+. The smallest absolute Gasteiger partial charge is 0.223 e. The Morgan fingerprint density at radius 3 is 2.86 bits per heavy atom. The molecule has 0 saturated carbocycles. The minimum absolute atomic E-state index is 0.109. The van der Waals surface area contributed by atoms with E-state index in [1.165, 1.54) is 6.08 Å². The molecule has 0 aromatic carbocycles. The maximum absolute atomic E-state index is 10.2. The molecule has 0 atom stereocenters. The van der Waals surface area contributed by atoms with E-state index in [0.717, 1.165) is 0 Å². The third-order valence-corrected chi connectivity index (χ3v) is 0.620. The van der Waals surface area contributed by atoms with Gasteiger partial charge in [0, 0.05) is 6.08 Å². The van der Waals surface area contributed by atoms with Crippen molar-refractivity contribution in [1.82, 2.24) is 5.32 Å². The highest BCUT2D eigenvalue weighted by Gasteiger charge is 2.02. The number of hydrogen-bond acceptors (Lipinski definition) is 1. The van der Waals surface area contributed by atoms with Crippen molar-refractivity contribution in [3.8, 4) is 0 Å². The standard InChI is InChI=1S/C5H3NO/c7-5-3-1-2-4-6-5/h2-4H/p+1. The molecule has 1 rings (SSSR count). The fourth-order valence-corrected chi connectivity index (χ4v) is 0.337. The van der Waals surface area contributed by atoms with Crippen LogP contribution in [-0.2, 0) is 4.79 Å². The first kappa shape index (κ1) is 4.03. The summed E-state index contributed by atoms with van der Waals surface area (Å²) in [5.74, 6) is -0.109. The maximum atomic E-state index is 10.2. The van der Waals surface area contributed by atoms with Gasteiger partial charge in [-0.25, -0.2) is 5.32 Å². The topological polar surface area (TPSA) is 29.1 Å². The van der Waals surface area contributed by atoms with Crippen LogP contribution in [-0.4, -0.2) is 5.91 Å². The summed E-state index contributed by atoms with van der Waals surface area (Å²) in [5.41, 5.74) is 0. The van der Waals surface area contributed by atoms with Gasteiger partial charge >= 0.3 is 5.91 Å². The first-order valence-electron chi connectivity index (χ1n) is 1.94. The zero-order valence-corrected chi connectivity index (χ0v) is 3.64. The number of rotatable bonds is 0. The third-order valence-electron chi connectivity index (χ3n) is 0.620.